The molecule has 2 aromatic carbocycles. The summed E-state index contributed by atoms with van der Waals surface area (Å²) in [5.74, 6) is 1.77. The summed E-state index contributed by atoms with van der Waals surface area (Å²) in [6.45, 7) is 1.41. The number of amides is 1. The van der Waals surface area contributed by atoms with Gasteiger partial charge in [0, 0.05) is 30.1 Å². The molecule has 0 radical (unpaired) electrons. The second-order valence-electron chi connectivity index (χ2n) is 6.66. The minimum atomic E-state index is -0.0739. The molecular weight excluding hydrogens is 394 g/mol. The molecule has 3 N–H and O–H groups in total. The lowest BCUT2D eigenvalue weighted by atomic mass is 10.00. The number of carbonyl (C=O) groups excluding carboxylic acids is 1. The summed E-state index contributed by atoms with van der Waals surface area (Å²) in [5, 5.41) is 2.97. The SMILES string of the molecule is COc1cc(OC)c(CNC(=O)CN2CCCc3c(N)cccc32)c(OC)c1.Cl. The van der Waals surface area contributed by atoms with Gasteiger partial charge in [-0.1, -0.05) is 6.07 Å². The molecule has 0 spiro atoms. The van der Waals surface area contributed by atoms with Crippen molar-refractivity contribution in [2.75, 3.05) is 45.1 Å². The zero-order chi connectivity index (χ0) is 20.1. The average molecular weight is 422 g/mol. The van der Waals surface area contributed by atoms with Gasteiger partial charge in [-0.2, -0.15) is 0 Å². The maximum Gasteiger partial charge on any atom is 0.239 e. The van der Waals surface area contributed by atoms with Gasteiger partial charge in [0.1, 0.15) is 17.2 Å². The van der Waals surface area contributed by atoms with Crippen LogP contribution < -0.4 is 30.2 Å². The third-order valence-corrected chi connectivity index (χ3v) is 5.00. The number of nitrogens with one attached hydrogen (secondary N) is 1. The molecule has 2 aromatic rings. The molecule has 1 aliphatic heterocycles. The van der Waals surface area contributed by atoms with E-state index in [2.05, 4.69) is 10.2 Å². The van der Waals surface area contributed by atoms with E-state index in [9.17, 15) is 4.79 Å². The molecule has 0 aliphatic carbocycles. The predicted molar refractivity (Wildman–Crippen MR) is 117 cm³/mol. The number of methoxy groups -OCH3 is 3. The first-order chi connectivity index (χ1) is 13.6. The first-order valence-corrected chi connectivity index (χ1v) is 9.25. The van der Waals surface area contributed by atoms with E-state index in [1.807, 2.05) is 18.2 Å². The number of nitrogen functional groups attached to an aromatic ring is 1. The van der Waals surface area contributed by atoms with Gasteiger partial charge in [-0.25, -0.2) is 0 Å². The highest BCUT2D eigenvalue weighted by Crippen LogP contribution is 2.34. The van der Waals surface area contributed by atoms with E-state index >= 15 is 0 Å². The molecule has 1 heterocycles. The van der Waals surface area contributed by atoms with E-state index in [0.29, 0.717) is 23.8 Å². The number of anilines is 2. The highest BCUT2D eigenvalue weighted by Gasteiger charge is 2.21. The molecule has 0 fully saturated rings. The van der Waals surface area contributed by atoms with Crippen LogP contribution in [0.5, 0.6) is 17.2 Å². The quantitative estimate of drug-likeness (QED) is 0.668. The Morgan fingerprint density at radius 2 is 1.83 bits per heavy atom. The summed E-state index contributed by atoms with van der Waals surface area (Å²) in [5.41, 5.74) is 9.81. The molecule has 8 heteroatoms. The minimum Gasteiger partial charge on any atom is -0.496 e. The highest BCUT2D eigenvalue weighted by atomic mass is 35.5. The molecule has 3 rings (SSSR count). The van der Waals surface area contributed by atoms with Crippen molar-refractivity contribution in [3.8, 4) is 17.2 Å². The van der Waals surface area contributed by atoms with Crippen LogP contribution in [-0.2, 0) is 17.8 Å². The first-order valence-electron chi connectivity index (χ1n) is 9.25. The van der Waals surface area contributed by atoms with Crippen LogP contribution in [0.25, 0.3) is 0 Å². The average Bonchev–Trinajstić information content (AvgIpc) is 2.72. The van der Waals surface area contributed by atoms with Crippen LogP contribution in [0.15, 0.2) is 30.3 Å². The standard InChI is InChI=1S/C21H27N3O4.ClH/c1-26-14-10-19(27-2)16(20(11-14)28-3)12-23-21(25)13-24-9-5-6-15-17(22)7-4-8-18(15)24;/h4,7-8,10-11H,5-6,9,12-13,22H2,1-3H3,(H,23,25);1H. The lowest BCUT2D eigenvalue weighted by Crippen LogP contribution is -2.39. The lowest BCUT2D eigenvalue weighted by molar-refractivity contribution is -0.119. The smallest absolute Gasteiger partial charge is 0.239 e. The number of nitrogens with two attached hydrogens (primary N) is 1. The molecule has 0 saturated carbocycles. The van der Waals surface area contributed by atoms with E-state index in [1.54, 1.807) is 33.5 Å². The number of rotatable bonds is 7. The van der Waals surface area contributed by atoms with E-state index in [1.165, 1.54) is 0 Å². The van der Waals surface area contributed by atoms with Gasteiger partial charge in [0.25, 0.3) is 0 Å². The number of ether oxygens (including phenoxy) is 3. The Hall–Kier alpha value is -2.80. The number of nitrogens with zero attached hydrogens (tertiary/aromatic N) is 1. The van der Waals surface area contributed by atoms with Crippen molar-refractivity contribution < 1.29 is 19.0 Å². The maximum atomic E-state index is 12.6. The summed E-state index contributed by atoms with van der Waals surface area (Å²) in [6, 6.07) is 9.40. The van der Waals surface area contributed by atoms with Crippen LogP contribution in [-0.4, -0.2) is 40.3 Å². The van der Waals surface area contributed by atoms with E-state index in [4.69, 9.17) is 19.9 Å². The second kappa shape index (κ2) is 10.1. The van der Waals surface area contributed by atoms with Crippen molar-refractivity contribution in [2.45, 2.75) is 19.4 Å². The summed E-state index contributed by atoms with van der Waals surface area (Å²) in [4.78, 5) is 14.7. The number of hydrogen-bond acceptors (Lipinski definition) is 6. The van der Waals surface area contributed by atoms with Crippen molar-refractivity contribution in [3.63, 3.8) is 0 Å². The zero-order valence-electron chi connectivity index (χ0n) is 17.0. The summed E-state index contributed by atoms with van der Waals surface area (Å²) < 4.78 is 16.1. The Labute approximate surface area is 177 Å². The predicted octanol–water partition coefficient (Wildman–Crippen LogP) is 2.79. The van der Waals surface area contributed by atoms with Gasteiger partial charge < -0.3 is 30.2 Å². The van der Waals surface area contributed by atoms with E-state index in [0.717, 1.165) is 41.9 Å². The molecule has 0 bridgehead atoms. The molecule has 1 amide bonds. The number of halogens is 1. The van der Waals surface area contributed by atoms with Crippen LogP contribution in [0.3, 0.4) is 0 Å². The van der Waals surface area contributed by atoms with Crippen molar-refractivity contribution in [2.24, 2.45) is 0 Å². The van der Waals surface area contributed by atoms with Gasteiger partial charge in [-0.3, -0.25) is 4.79 Å². The first kappa shape index (κ1) is 22.5. The van der Waals surface area contributed by atoms with Crippen LogP contribution in [0.2, 0.25) is 0 Å². The Kier molecular flexibility index (Phi) is 7.84. The summed E-state index contributed by atoms with van der Waals surface area (Å²) >= 11 is 0. The van der Waals surface area contributed by atoms with Crippen molar-refractivity contribution in [3.05, 3.63) is 41.5 Å². The summed E-state index contributed by atoms with van der Waals surface area (Å²) in [7, 11) is 4.74. The number of carbonyl (C=O) groups is 1. The Morgan fingerprint density at radius 3 is 2.45 bits per heavy atom. The number of hydrogen-bond donors (Lipinski definition) is 2. The Bertz CT molecular complexity index is 835. The normalized spacial score (nSPS) is 12.4. The second-order valence-corrected chi connectivity index (χ2v) is 6.66. The Morgan fingerprint density at radius 1 is 1.14 bits per heavy atom. The van der Waals surface area contributed by atoms with Gasteiger partial charge in [-0.15, -0.1) is 12.4 Å². The molecule has 0 saturated heterocycles. The van der Waals surface area contributed by atoms with Crippen LogP contribution in [0, 0.1) is 0 Å². The third-order valence-electron chi connectivity index (χ3n) is 5.00. The van der Waals surface area contributed by atoms with Crippen molar-refractivity contribution >= 4 is 29.7 Å². The molecule has 0 atom stereocenters. The summed E-state index contributed by atoms with van der Waals surface area (Å²) in [6.07, 6.45) is 1.93. The largest absolute Gasteiger partial charge is 0.496 e. The molecular formula is C21H28ClN3O4. The highest BCUT2D eigenvalue weighted by molar-refractivity contribution is 5.85. The van der Waals surface area contributed by atoms with Crippen LogP contribution >= 0.6 is 12.4 Å². The number of benzene rings is 2. The molecule has 0 unspecified atom stereocenters. The van der Waals surface area contributed by atoms with Gasteiger partial charge >= 0.3 is 0 Å². The van der Waals surface area contributed by atoms with Crippen LogP contribution in [0.4, 0.5) is 11.4 Å². The van der Waals surface area contributed by atoms with Crippen LogP contribution in [0.1, 0.15) is 17.5 Å². The van der Waals surface area contributed by atoms with Crippen molar-refractivity contribution in [1.82, 2.24) is 5.32 Å². The molecule has 7 nitrogen and oxygen atoms in total. The third kappa shape index (κ3) is 4.98. The van der Waals surface area contributed by atoms with Gasteiger partial charge in [-0.05, 0) is 30.5 Å². The molecule has 29 heavy (non-hydrogen) atoms. The maximum absolute atomic E-state index is 12.6. The van der Waals surface area contributed by atoms with E-state index < -0.39 is 0 Å². The Balaban J connectivity index is 0.00000300. The fourth-order valence-electron chi connectivity index (χ4n) is 3.56. The van der Waals surface area contributed by atoms with Crippen molar-refractivity contribution in [1.29, 1.82) is 0 Å². The van der Waals surface area contributed by atoms with Gasteiger partial charge in [0.15, 0.2) is 0 Å². The monoisotopic (exact) mass is 421 g/mol. The molecule has 158 valence electrons. The van der Waals surface area contributed by atoms with Gasteiger partial charge in [0.2, 0.25) is 5.91 Å². The topological polar surface area (TPSA) is 86.1 Å². The lowest BCUT2D eigenvalue weighted by Gasteiger charge is -2.31. The minimum absolute atomic E-state index is 0. The molecule has 0 aromatic heterocycles. The fourth-order valence-corrected chi connectivity index (χ4v) is 3.56. The van der Waals surface area contributed by atoms with Gasteiger partial charge in [0.05, 0.1) is 40.0 Å². The molecule has 1 aliphatic rings. The number of fused-ring (bicyclic) bond motifs is 1. The van der Waals surface area contributed by atoms with E-state index in [-0.39, 0.29) is 24.9 Å². The zero-order valence-corrected chi connectivity index (χ0v) is 17.8. The fraction of sp³-hybridized carbons (Fsp3) is 0.381.